The molecule has 1 N–H and O–H groups in total. The van der Waals surface area contributed by atoms with Gasteiger partial charge in [0.25, 0.3) is 5.92 Å². The van der Waals surface area contributed by atoms with Crippen LogP contribution in [-0.4, -0.2) is 43.5 Å². The minimum Gasteiger partial charge on any atom is -0.372 e. The number of nitrogens with one attached hydrogen (secondary N) is 1. The van der Waals surface area contributed by atoms with Crippen LogP contribution in [0.2, 0.25) is 0 Å². The lowest BCUT2D eigenvalue weighted by Crippen LogP contribution is -2.34. The molecule has 1 heterocycles. The number of benzene rings is 2. The highest BCUT2D eigenvalue weighted by molar-refractivity contribution is 5.85. The SMILES string of the molecule is C/C=C(\C=C/C(C)C(F)(F)CF)N1CCC(CCNC=O)CC1.Cc1cccc2ccccc12. The van der Waals surface area contributed by atoms with E-state index in [4.69, 9.17) is 0 Å². The first-order chi connectivity index (χ1) is 16.3. The molecular weight excluding hydrogens is 437 g/mol. The minimum atomic E-state index is -3.31. The first-order valence-corrected chi connectivity index (χ1v) is 12.0. The lowest BCUT2D eigenvalue weighted by Gasteiger charge is -2.34. The van der Waals surface area contributed by atoms with Crippen molar-refractivity contribution < 1.29 is 18.0 Å². The number of halogens is 3. The Labute approximate surface area is 201 Å². The zero-order chi connectivity index (χ0) is 25.0. The predicted octanol–water partition coefficient (Wildman–Crippen LogP) is 6.68. The summed E-state index contributed by atoms with van der Waals surface area (Å²) in [6.07, 6.45) is 8.66. The molecular formula is C28H37F3N2O. The van der Waals surface area contributed by atoms with Crippen LogP contribution in [0.15, 0.2) is 66.4 Å². The van der Waals surface area contributed by atoms with Crippen LogP contribution in [-0.2, 0) is 4.79 Å². The van der Waals surface area contributed by atoms with Gasteiger partial charge in [0.1, 0.15) is 0 Å². The number of hydrogen-bond donors (Lipinski definition) is 1. The van der Waals surface area contributed by atoms with E-state index in [0.29, 0.717) is 18.9 Å². The fraction of sp³-hybridized carbons (Fsp3) is 0.464. The molecule has 186 valence electrons. The van der Waals surface area contributed by atoms with Gasteiger partial charge in [-0.1, -0.05) is 61.5 Å². The van der Waals surface area contributed by atoms with E-state index in [1.165, 1.54) is 29.3 Å². The van der Waals surface area contributed by atoms with E-state index in [2.05, 4.69) is 59.6 Å². The Morgan fingerprint density at radius 2 is 1.85 bits per heavy atom. The number of piperidine rings is 1. The fourth-order valence-electron chi connectivity index (χ4n) is 4.10. The first kappa shape index (κ1) is 27.5. The third-order valence-corrected chi connectivity index (χ3v) is 6.46. The number of allylic oxidation sites excluding steroid dienone is 3. The van der Waals surface area contributed by atoms with Crippen molar-refractivity contribution in [1.82, 2.24) is 10.2 Å². The second-order valence-electron chi connectivity index (χ2n) is 8.84. The number of fused-ring (bicyclic) bond motifs is 1. The van der Waals surface area contributed by atoms with Gasteiger partial charge >= 0.3 is 0 Å². The summed E-state index contributed by atoms with van der Waals surface area (Å²) in [5.74, 6) is -3.86. The topological polar surface area (TPSA) is 32.3 Å². The highest BCUT2D eigenvalue weighted by Gasteiger charge is 2.34. The maximum Gasteiger partial charge on any atom is 0.281 e. The highest BCUT2D eigenvalue weighted by atomic mass is 19.3. The standard InChI is InChI=1S/C17H27F3N2O.C11H10/c1-3-16(5-4-14(2)17(19,20)12-18)22-10-7-15(8-11-22)6-9-21-13-23;1-9-5-4-7-10-6-2-3-8-11(9)10/h3-5,13-15H,6-12H2,1-2H3,(H,21,23);2-8H,1H3/b5-4-,16-3+;. The number of aryl methyl sites for hydroxylation is 1. The first-order valence-electron chi connectivity index (χ1n) is 12.0. The molecule has 0 spiro atoms. The van der Waals surface area contributed by atoms with Crippen molar-refractivity contribution in [3.63, 3.8) is 0 Å². The van der Waals surface area contributed by atoms with Crippen molar-refractivity contribution in [1.29, 1.82) is 0 Å². The van der Waals surface area contributed by atoms with Gasteiger partial charge in [-0.2, -0.15) is 0 Å². The van der Waals surface area contributed by atoms with Crippen molar-refractivity contribution in [2.75, 3.05) is 26.3 Å². The number of amides is 1. The Bertz CT molecular complexity index is 944. The predicted molar refractivity (Wildman–Crippen MR) is 135 cm³/mol. The van der Waals surface area contributed by atoms with Crippen LogP contribution >= 0.6 is 0 Å². The van der Waals surface area contributed by atoms with Crippen molar-refractivity contribution in [2.24, 2.45) is 11.8 Å². The summed E-state index contributed by atoms with van der Waals surface area (Å²) in [4.78, 5) is 12.4. The maximum absolute atomic E-state index is 13.3. The smallest absolute Gasteiger partial charge is 0.281 e. The second-order valence-corrected chi connectivity index (χ2v) is 8.84. The normalized spacial score (nSPS) is 16.3. The summed E-state index contributed by atoms with van der Waals surface area (Å²) >= 11 is 0. The maximum atomic E-state index is 13.3. The Morgan fingerprint density at radius 3 is 2.47 bits per heavy atom. The van der Waals surface area contributed by atoms with Crippen LogP contribution < -0.4 is 5.32 Å². The summed E-state index contributed by atoms with van der Waals surface area (Å²) < 4.78 is 38.8. The molecule has 1 amide bonds. The number of rotatable bonds is 9. The van der Waals surface area contributed by atoms with Gasteiger partial charge in [-0.3, -0.25) is 4.79 Å². The van der Waals surface area contributed by atoms with Gasteiger partial charge in [-0.05, 0) is 61.4 Å². The van der Waals surface area contributed by atoms with Crippen LogP contribution in [0.3, 0.4) is 0 Å². The lowest BCUT2D eigenvalue weighted by atomic mass is 9.93. The summed E-state index contributed by atoms with van der Waals surface area (Å²) in [5, 5.41) is 5.36. The van der Waals surface area contributed by atoms with Crippen molar-refractivity contribution in [3.8, 4) is 0 Å². The molecule has 34 heavy (non-hydrogen) atoms. The van der Waals surface area contributed by atoms with Crippen molar-refractivity contribution in [2.45, 2.75) is 46.0 Å². The summed E-state index contributed by atoms with van der Waals surface area (Å²) in [6, 6.07) is 14.8. The molecule has 1 unspecified atom stereocenters. The largest absolute Gasteiger partial charge is 0.372 e. The molecule has 0 bridgehead atoms. The van der Waals surface area contributed by atoms with Crippen molar-refractivity contribution >= 4 is 17.2 Å². The Hall–Kier alpha value is -2.76. The highest BCUT2D eigenvalue weighted by Crippen LogP contribution is 2.28. The molecule has 1 atom stereocenters. The number of likely N-dealkylation sites (tertiary alicyclic amines) is 1. The van der Waals surface area contributed by atoms with Gasteiger partial charge < -0.3 is 10.2 Å². The fourth-order valence-corrected chi connectivity index (χ4v) is 4.10. The molecule has 0 aliphatic carbocycles. The molecule has 1 aliphatic rings. The van der Waals surface area contributed by atoms with Gasteiger partial charge in [0.2, 0.25) is 6.41 Å². The van der Waals surface area contributed by atoms with Crippen LogP contribution in [0.5, 0.6) is 0 Å². The molecule has 0 radical (unpaired) electrons. The zero-order valence-electron chi connectivity index (χ0n) is 20.4. The van der Waals surface area contributed by atoms with Crippen LogP contribution in [0, 0.1) is 18.8 Å². The van der Waals surface area contributed by atoms with E-state index in [1.807, 2.05) is 13.0 Å². The van der Waals surface area contributed by atoms with Crippen molar-refractivity contribution in [3.05, 3.63) is 72.0 Å². The molecule has 2 aromatic rings. The molecule has 6 heteroatoms. The molecule has 1 aliphatic heterocycles. The number of carbonyl (C=O) groups excluding carboxylic acids is 1. The monoisotopic (exact) mass is 474 g/mol. The third kappa shape index (κ3) is 8.23. The molecule has 1 saturated heterocycles. The quantitative estimate of drug-likeness (QED) is 0.250. The van der Waals surface area contributed by atoms with Gasteiger partial charge in [-0.25, -0.2) is 13.2 Å². The number of carbonyl (C=O) groups is 1. The van der Waals surface area contributed by atoms with Gasteiger partial charge in [0, 0.05) is 31.2 Å². The lowest BCUT2D eigenvalue weighted by molar-refractivity contribution is -0.109. The zero-order valence-corrected chi connectivity index (χ0v) is 20.4. The van der Waals surface area contributed by atoms with E-state index in [1.54, 1.807) is 6.08 Å². The molecule has 0 aromatic heterocycles. The molecule has 3 rings (SSSR count). The summed E-state index contributed by atoms with van der Waals surface area (Å²) in [5.41, 5.74) is 2.25. The van der Waals surface area contributed by atoms with Gasteiger partial charge in [0.05, 0.1) is 0 Å². The number of nitrogens with zero attached hydrogens (tertiary/aromatic N) is 1. The molecule has 1 fully saturated rings. The second kappa shape index (κ2) is 13.8. The van der Waals surface area contributed by atoms with E-state index < -0.39 is 18.5 Å². The van der Waals surface area contributed by atoms with Crippen LogP contribution in [0.1, 0.15) is 38.7 Å². The van der Waals surface area contributed by atoms with E-state index in [9.17, 15) is 18.0 Å². The summed E-state index contributed by atoms with van der Waals surface area (Å²) in [6.45, 7) is 6.13. The molecule has 2 aromatic carbocycles. The molecule has 0 saturated carbocycles. The van der Waals surface area contributed by atoms with Gasteiger partial charge in [0.15, 0.2) is 6.67 Å². The van der Waals surface area contributed by atoms with Crippen LogP contribution in [0.25, 0.3) is 10.8 Å². The third-order valence-electron chi connectivity index (χ3n) is 6.46. The minimum absolute atomic E-state index is 0.579. The van der Waals surface area contributed by atoms with E-state index in [-0.39, 0.29) is 0 Å². The molecule has 3 nitrogen and oxygen atoms in total. The summed E-state index contributed by atoms with van der Waals surface area (Å²) in [7, 11) is 0. The average molecular weight is 475 g/mol. The van der Waals surface area contributed by atoms with Gasteiger partial charge in [-0.15, -0.1) is 0 Å². The Balaban J connectivity index is 0.000000305. The number of alkyl halides is 3. The number of hydrogen-bond acceptors (Lipinski definition) is 2. The van der Waals surface area contributed by atoms with E-state index in [0.717, 1.165) is 38.0 Å². The Kier molecular flexibility index (Phi) is 11.2. The van der Waals surface area contributed by atoms with E-state index >= 15 is 0 Å². The van der Waals surface area contributed by atoms with Crippen LogP contribution in [0.4, 0.5) is 13.2 Å². The Morgan fingerprint density at radius 1 is 1.18 bits per heavy atom. The average Bonchev–Trinajstić information content (AvgIpc) is 2.86.